The van der Waals surface area contributed by atoms with Crippen molar-refractivity contribution in [2.24, 2.45) is 5.92 Å². The molecular weight excluding hydrogens is 502 g/mol. The van der Waals surface area contributed by atoms with Gasteiger partial charge in [0.25, 0.3) is 0 Å². The Hall–Kier alpha value is -3.97. The molecule has 0 unspecified atom stereocenters. The van der Waals surface area contributed by atoms with Crippen LogP contribution in [0.3, 0.4) is 0 Å². The summed E-state index contributed by atoms with van der Waals surface area (Å²) in [7, 11) is 0. The lowest BCUT2D eigenvalue weighted by atomic mass is 9.96. The number of pyridine rings is 1. The van der Waals surface area contributed by atoms with Crippen molar-refractivity contribution in [3.8, 4) is 5.69 Å². The SMILES string of the molecule is Cc1ccc(-n2c(C)cc([C@@H]3[C@H](c4ccccn4)NC(=S)N3c3ccc(NC(=O)C(C)C)c(C)c3)c2C)cc1. The largest absolute Gasteiger partial charge is 0.351 e. The minimum absolute atomic E-state index is 0.000785. The van der Waals surface area contributed by atoms with Crippen LogP contribution < -0.4 is 15.5 Å². The monoisotopic (exact) mass is 537 g/mol. The van der Waals surface area contributed by atoms with Crippen LogP contribution >= 0.6 is 12.2 Å². The average Bonchev–Trinajstić information content (AvgIpc) is 3.41. The molecule has 3 heterocycles. The minimum atomic E-state index is -0.133. The molecule has 6 nitrogen and oxygen atoms in total. The van der Waals surface area contributed by atoms with Crippen LogP contribution in [0.4, 0.5) is 11.4 Å². The number of aryl methyl sites for hydroxylation is 3. The molecule has 0 aliphatic carbocycles. The molecule has 200 valence electrons. The number of anilines is 2. The zero-order valence-corrected chi connectivity index (χ0v) is 24.1. The van der Waals surface area contributed by atoms with Crippen molar-refractivity contribution in [1.29, 1.82) is 0 Å². The van der Waals surface area contributed by atoms with Crippen molar-refractivity contribution in [3.63, 3.8) is 0 Å². The normalized spacial score (nSPS) is 17.0. The van der Waals surface area contributed by atoms with Gasteiger partial charge >= 0.3 is 0 Å². The van der Waals surface area contributed by atoms with Gasteiger partial charge in [-0.25, -0.2) is 0 Å². The van der Waals surface area contributed by atoms with Crippen LogP contribution in [0.1, 0.15) is 59.7 Å². The van der Waals surface area contributed by atoms with Crippen LogP contribution in [0.2, 0.25) is 0 Å². The Bertz CT molecular complexity index is 1520. The van der Waals surface area contributed by atoms with Gasteiger partial charge in [-0.15, -0.1) is 0 Å². The summed E-state index contributed by atoms with van der Waals surface area (Å²) >= 11 is 5.96. The molecule has 1 aliphatic heterocycles. The predicted molar refractivity (Wildman–Crippen MR) is 163 cm³/mol. The summed E-state index contributed by atoms with van der Waals surface area (Å²) in [5, 5.41) is 7.25. The van der Waals surface area contributed by atoms with Gasteiger partial charge in [0, 0.05) is 40.6 Å². The number of thiocarbonyl (C=S) groups is 1. The molecule has 2 aromatic heterocycles. The molecule has 7 heteroatoms. The van der Waals surface area contributed by atoms with Gasteiger partial charge in [0.15, 0.2) is 5.11 Å². The Kier molecular flexibility index (Phi) is 7.28. The van der Waals surface area contributed by atoms with E-state index in [0.29, 0.717) is 5.11 Å². The van der Waals surface area contributed by atoms with E-state index >= 15 is 0 Å². The van der Waals surface area contributed by atoms with E-state index in [1.165, 1.54) is 11.1 Å². The molecule has 0 bridgehead atoms. The molecular formula is C32H35N5OS. The van der Waals surface area contributed by atoms with E-state index in [-0.39, 0.29) is 23.9 Å². The molecule has 4 aromatic rings. The van der Waals surface area contributed by atoms with Gasteiger partial charge in [0.05, 0.1) is 17.8 Å². The molecule has 0 radical (unpaired) electrons. The first-order valence-corrected chi connectivity index (χ1v) is 13.7. The fraction of sp³-hybridized carbons (Fsp3) is 0.281. The molecule has 1 fully saturated rings. The Morgan fingerprint density at radius 2 is 1.69 bits per heavy atom. The number of rotatable bonds is 6. The van der Waals surface area contributed by atoms with Crippen molar-refractivity contribution >= 4 is 34.6 Å². The number of carbonyl (C=O) groups is 1. The van der Waals surface area contributed by atoms with Gasteiger partial charge in [-0.05, 0) is 99.6 Å². The number of aromatic nitrogens is 2. The lowest BCUT2D eigenvalue weighted by Gasteiger charge is -2.29. The second kappa shape index (κ2) is 10.7. The summed E-state index contributed by atoms with van der Waals surface area (Å²) in [6.07, 6.45) is 1.83. The van der Waals surface area contributed by atoms with E-state index in [9.17, 15) is 4.79 Å². The van der Waals surface area contributed by atoms with Gasteiger partial charge in [-0.1, -0.05) is 37.6 Å². The maximum atomic E-state index is 12.3. The fourth-order valence-electron chi connectivity index (χ4n) is 5.34. The second-order valence-electron chi connectivity index (χ2n) is 10.6. The van der Waals surface area contributed by atoms with Crippen LogP contribution in [0.25, 0.3) is 5.69 Å². The summed E-state index contributed by atoms with van der Waals surface area (Å²) in [5.74, 6) is -0.0902. The maximum Gasteiger partial charge on any atom is 0.226 e. The quantitative estimate of drug-likeness (QED) is 0.263. The average molecular weight is 538 g/mol. The third kappa shape index (κ3) is 5.06. The molecule has 0 spiro atoms. The highest BCUT2D eigenvalue weighted by Gasteiger charge is 2.42. The molecule has 0 saturated carbocycles. The fourth-order valence-corrected chi connectivity index (χ4v) is 5.69. The third-order valence-electron chi connectivity index (χ3n) is 7.45. The number of carbonyl (C=O) groups excluding carboxylic acids is 1. The highest BCUT2D eigenvalue weighted by Crippen LogP contribution is 2.44. The van der Waals surface area contributed by atoms with Crippen molar-refractivity contribution < 1.29 is 4.79 Å². The summed E-state index contributed by atoms with van der Waals surface area (Å²) < 4.78 is 2.31. The zero-order valence-electron chi connectivity index (χ0n) is 23.3. The number of nitrogens with zero attached hydrogens (tertiary/aromatic N) is 3. The molecule has 2 N–H and O–H groups in total. The van der Waals surface area contributed by atoms with Gasteiger partial charge < -0.3 is 20.1 Å². The lowest BCUT2D eigenvalue weighted by Crippen LogP contribution is -2.29. The van der Waals surface area contributed by atoms with Crippen LogP contribution in [0.15, 0.2) is 72.9 Å². The van der Waals surface area contributed by atoms with E-state index in [4.69, 9.17) is 17.2 Å². The number of amides is 1. The van der Waals surface area contributed by atoms with Crippen LogP contribution in [0, 0.1) is 33.6 Å². The van der Waals surface area contributed by atoms with E-state index < -0.39 is 0 Å². The molecule has 1 saturated heterocycles. The van der Waals surface area contributed by atoms with Gasteiger partial charge in [-0.2, -0.15) is 0 Å². The maximum absolute atomic E-state index is 12.3. The minimum Gasteiger partial charge on any atom is -0.351 e. The lowest BCUT2D eigenvalue weighted by molar-refractivity contribution is -0.118. The molecule has 2 atom stereocenters. The first-order chi connectivity index (χ1) is 18.7. The number of hydrogen-bond acceptors (Lipinski definition) is 3. The van der Waals surface area contributed by atoms with Crippen LogP contribution in [0.5, 0.6) is 0 Å². The van der Waals surface area contributed by atoms with Crippen molar-refractivity contribution in [2.45, 2.75) is 53.6 Å². The van der Waals surface area contributed by atoms with E-state index in [2.05, 4.69) is 77.3 Å². The third-order valence-corrected chi connectivity index (χ3v) is 7.76. The predicted octanol–water partition coefficient (Wildman–Crippen LogP) is 6.88. The van der Waals surface area contributed by atoms with E-state index in [1.807, 2.05) is 57.3 Å². The van der Waals surface area contributed by atoms with Crippen molar-refractivity contribution in [1.82, 2.24) is 14.9 Å². The Morgan fingerprint density at radius 3 is 2.33 bits per heavy atom. The van der Waals surface area contributed by atoms with Gasteiger partial charge in [-0.3, -0.25) is 9.78 Å². The van der Waals surface area contributed by atoms with Gasteiger partial charge in [0.2, 0.25) is 5.91 Å². The Balaban J connectivity index is 1.61. The highest BCUT2D eigenvalue weighted by molar-refractivity contribution is 7.80. The van der Waals surface area contributed by atoms with Crippen LogP contribution in [-0.2, 0) is 4.79 Å². The highest BCUT2D eigenvalue weighted by atomic mass is 32.1. The van der Waals surface area contributed by atoms with Crippen molar-refractivity contribution in [2.75, 3.05) is 10.2 Å². The Labute approximate surface area is 236 Å². The van der Waals surface area contributed by atoms with Gasteiger partial charge in [0.1, 0.15) is 0 Å². The van der Waals surface area contributed by atoms with Crippen molar-refractivity contribution in [3.05, 3.63) is 107 Å². The molecule has 1 amide bonds. The topological polar surface area (TPSA) is 62.2 Å². The molecule has 39 heavy (non-hydrogen) atoms. The summed E-state index contributed by atoms with van der Waals surface area (Å²) in [5.41, 5.74) is 9.57. The second-order valence-corrected chi connectivity index (χ2v) is 11.0. The molecule has 1 aliphatic rings. The summed E-state index contributed by atoms with van der Waals surface area (Å²) in [4.78, 5) is 19.2. The molecule has 5 rings (SSSR count). The van der Waals surface area contributed by atoms with E-state index in [1.54, 1.807) is 0 Å². The number of hydrogen-bond donors (Lipinski definition) is 2. The number of benzene rings is 2. The first-order valence-electron chi connectivity index (χ1n) is 13.3. The smallest absolute Gasteiger partial charge is 0.226 e. The van der Waals surface area contributed by atoms with Crippen LogP contribution in [-0.4, -0.2) is 20.6 Å². The zero-order chi connectivity index (χ0) is 27.8. The van der Waals surface area contributed by atoms with E-state index in [0.717, 1.165) is 39.7 Å². The summed E-state index contributed by atoms with van der Waals surface area (Å²) in [6, 6.07) is 22.7. The standard InChI is InChI=1S/C32H35N5OS/c1-19(2)31(38)34-27-15-14-25(17-21(27)4)37-30(29(35-32(37)39)28-9-7-8-16-33-28)26-18-22(5)36(23(26)6)24-12-10-20(3)11-13-24/h7-19,29-30H,1-6H3,(H,34,38)(H,35,39)/t29-,30+/m0/s1. The number of nitrogens with one attached hydrogen (secondary N) is 2. The first kappa shape index (κ1) is 26.6. The summed E-state index contributed by atoms with van der Waals surface area (Å²) in [6.45, 7) is 12.2. The molecule has 2 aromatic carbocycles. The Morgan fingerprint density at radius 1 is 0.974 bits per heavy atom.